The fraction of sp³-hybridized carbons (Fsp3) is 0.471. The predicted molar refractivity (Wildman–Crippen MR) is 260 cm³/mol. The Morgan fingerprint density at radius 3 is 2.31 bits per heavy atom. The van der Waals surface area contributed by atoms with Crippen LogP contribution in [0.3, 0.4) is 0 Å². The summed E-state index contributed by atoms with van der Waals surface area (Å²) in [5, 5.41) is 22.9. The molecule has 67 heavy (non-hydrogen) atoms. The Hall–Kier alpha value is -5.64. The second-order valence-electron chi connectivity index (χ2n) is 18.9. The molecular formula is C51H59ClN10O4S. The van der Waals surface area contributed by atoms with Crippen molar-refractivity contribution in [3.05, 3.63) is 122 Å². The molecule has 14 nitrogen and oxygen atoms in total. The minimum atomic E-state index is -0.317. The van der Waals surface area contributed by atoms with E-state index in [1.165, 1.54) is 10.4 Å². The number of thiophene rings is 1. The van der Waals surface area contributed by atoms with Gasteiger partial charge in [0, 0.05) is 71.1 Å². The van der Waals surface area contributed by atoms with Crippen LogP contribution in [0.25, 0.3) is 5.00 Å². The number of hydrogen-bond acceptors (Lipinski definition) is 13. The number of amides is 1. The molecule has 0 bridgehead atoms. The van der Waals surface area contributed by atoms with E-state index in [1.54, 1.807) is 29.9 Å². The molecule has 0 radical (unpaired) electrons. The van der Waals surface area contributed by atoms with Gasteiger partial charge in [-0.2, -0.15) is 0 Å². The van der Waals surface area contributed by atoms with Crippen LogP contribution in [-0.4, -0.2) is 95.9 Å². The quantitative estimate of drug-likeness (QED) is 0.118. The fourth-order valence-corrected chi connectivity index (χ4v) is 11.8. The van der Waals surface area contributed by atoms with Gasteiger partial charge in [-0.25, -0.2) is 4.98 Å². The normalized spacial score (nSPS) is 21.9. The van der Waals surface area contributed by atoms with Crippen LogP contribution in [0.2, 0.25) is 5.02 Å². The number of aryl methyl sites for hydroxylation is 3. The molecule has 2 saturated carbocycles. The van der Waals surface area contributed by atoms with Gasteiger partial charge in [0.15, 0.2) is 23.2 Å². The second kappa shape index (κ2) is 19.2. The molecule has 0 spiro atoms. The average Bonchev–Trinajstić information content (AvgIpc) is 4.03. The topological polar surface area (TPSA) is 149 Å². The summed E-state index contributed by atoms with van der Waals surface area (Å²) in [5.74, 6) is 4.54. The largest absolute Gasteiger partial charge is 0.490 e. The van der Waals surface area contributed by atoms with Crippen molar-refractivity contribution in [2.45, 2.75) is 142 Å². The Labute approximate surface area is 401 Å². The lowest BCUT2D eigenvalue weighted by atomic mass is 9.84. The van der Waals surface area contributed by atoms with Gasteiger partial charge in [-0.3, -0.25) is 19.3 Å². The minimum Gasteiger partial charge on any atom is -0.490 e. The summed E-state index contributed by atoms with van der Waals surface area (Å²) in [7, 11) is 0. The van der Waals surface area contributed by atoms with Gasteiger partial charge in [-0.05, 0) is 140 Å². The number of hydrogen-bond donors (Lipinski definition) is 1. The standard InChI is InChI=1S/C51H59ClN10O4S/c1-29(2)61(36-19-22-60(23-20-36)45-18-17-43(57-58-45)50(63)54-35-10-15-39(16-11-35)65-40-12-7-30(3)42(52)27-40)37-25-41(26-37)66-38-13-8-34(9-14-38)48-47-31(4)32(5)67-51(47)62-33(6)56-59-49(62)44(55-48)28-46-53-21-24-64-46/h7-9,12-14,17-18,21,24,27,29,35-37,39,41,44H,10-11,15-16,19-20,22-23,25-26,28H2,1-6H3,(H,54,63)/t35?,37?,39?,41?,44-/m0/s1. The SMILES string of the molecule is Cc1ccc(OC2CCC(NC(=O)c3ccc(N4CCC(N(C(C)C)C5CC(Oc6ccc(C7=N[C@@H](Cc8ncco8)c8nnc(C)n8-c8sc(C)c(C)c87)cc6)C5)CC4)nn3)CC2)cc1Cl. The van der Waals surface area contributed by atoms with E-state index in [1.807, 2.05) is 38.1 Å². The van der Waals surface area contributed by atoms with Gasteiger partial charge in [-0.15, -0.1) is 31.7 Å². The van der Waals surface area contributed by atoms with Crippen LogP contribution in [0.15, 0.2) is 76.5 Å². The summed E-state index contributed by atoms with van der Waals surface area (Å²) in [6.45, 7) is 14.7. The summed E-state index contributed by atoms with van der Waals surface area (Å²) in [6.07, 6.45) is 11.5. The minimum absolute atomic E-state index is 0.0847. The average molecular weight is 944 g/mol. The number of rotatable bonds is 13. The molecule has 6 aromatic rings. The van der Waals surface area contributed by atoms with Crippen molar-refractivity contribution in [2.24, 2.45) is 4.99 Å². The third-order valence-corrected chi connectivity index (χ3v) is 15.8. The number of carbonyl (C=O) groups excluding carboxylic acids is 1. The molecule has 1 amide bonds. The zero-order valence-electron chi connectivity index (χ0n) is 39.1. The third-order valence-electron chi connectivity index (χ3n) is 14.2. The van der Waals surface area contributed by atoms with E-state index in [9.17, 15) is 4.79 Å². The molecule has 6 heterocycles. The number of nitrogens with one attached hydrogen (secondary N) is 1. The molecule has 1 atom stereocenters. The van der Waals surface area contributed by atoms with Crippen LogP contribution in [0.5, 0.6) is 11.5 Å². The first-order valence-electron chi connectivity index (χ1n) is 23.8. The van der Waals surface area contributed by atoms with Crippen molar-refractivity contribution in [2.75, 3.05) is 18.0 Å². The van der Waals surface area contributed by atoms with E-state index in [0.29, 0.717) is 41.2 Å². The highest BCUT2D eigenvalue weighted by molar-refractivity contribution is 7.15. The molecular weight excluding hydrogens is 884 g/mol. The summed E-state index contributed by atoms with van der Waals surface area (Å²) < 4.78 is 20.6. The monoisotopic (exact) mass is 942 g/mol. The molecule has 1 saturated heterocycles. The lowest BCUT2D eigenvalue weighted by Gasteiger charge is -2.50. The number of aromatic nitrogens is 6. The molecule has 10 rings (SSSR count). The van der Waals surface area contributed by atoms with Gasteiger partial charge in [0.2, 0.25) is 0 Å². The van der Waals surface area contributed by atoms with E-state index in [-0.39, 0.29) is 30.2 Å². The van der Waals surface area contributed by atoms with E-state index >= 15 is 0 Å². The van der Waals surface area contributed by atoms with Gasteiger partial charge in [0.1, 0.15) is 40.7 Å². The van der Waals surface area contributed by atoms with Gasteiger partial charge < -0.3 is 24.1 Å². The number of fused-ring (bicyclic) bond motifs is 3. The summed E-state index contributed by atoms with van der Waals surface area (Å²) in [5.41, 5.74) is 5.67. The van der Waals surface area contributed by atoms with E-state index in [0.717, 1.165) is 121 Å². The molecule has 4 aliphatic rings. The van der Waals surface area contributed by atoms with Crippen molar-refractivity contribution >= 4 is 40.4 Å². The van der Waals surface area contributed by atoms with Crippen molar-refractivity contribution in [3.63, 3.8) is 0 Å². The van der Waals surface area contributed by atoms with Crippen molar-refractivity contribution < 1.29 is 18.7 Å². The molecule has 350 valence electrons. The van der Waals surface area contributed by atoms with E-state index < -0.39 is 0 Å². The molecule has 3 fully saturated rings. The molecule has 1 N–H and O–H groups in total. The van der Waals surface area contributed by atoms with Crippen LogP contribution in [-0.2, 0) is 6.42 Å². The maximum atomic E-state index is 13.2. The number of piperidine rings is 1. The first kappa shape index (κ1) is 45.2. The maximum Gasteiger partial charge on any atom is 0.272 e. The highest BCUT2D eigenvalue weighted by Crippen LogP contribution is 2.41. The van der Waals surface area contributed by atoms with Crippen molar-refractivity contribution in [1.82, 2.24) is 40.2 Å². The Morgan fingerprint density at radius 2 is 1.63 bits per heavy atom. The lowest BCUT2D eigenvalue weighted by molar-refractivity contribution is -0.0258. The fourth-order valence-electron chi connectivity index (χ4n) is 10.4. The number of halogens is 1. The Balaban J connectivity index is 0.711. The van der Waals surface area contributed by atoms with E-state index in [4.69, 9.17) is 30.5 Å². The van der Waals surface area contributed by atoms with Gasteiger partial charge in [-0.1, -0.05) is 17.7 Å². The molecule has 4 aromatic heterocycles. The Morgan fingerprint density at radius 1 is 0.881 bits per heavy atom. The van der Waals surface area contributed by atoms with E-state index in [2.05, 4.69) is 97.0 Å². The number of ether oxygens (including phenoxy) is 2. The van der Waals surface area contributed by atoms with Gasteiger partial charge >= 0.3 is 0 Å². The van der Waals surface area contributed by atoms with Crippen LogP contribution < -0.4 is 19.7 Å². The number of aliphatic imine (C=N–C) groups is 1. The van der Waals surface area contributed by atoms with Crippen LogP contribution in [0.1, 0.15) is 126 Å². The number of benzene rings is 2. The first-order valence-corrected chi connectivity index (χ1v) is 25.0. The summed E-state index contributed by atoms with van der Waals surface area (Å²) in [6, 6.07) is 19.2. The highest BCUT2D eigenvalue weighted by atomic mass is 35.5. The summed E-state index contributed by atoms with van der Waals surface area (Å²) >= 11 is 8.04. The smallest absolute Gasteiger partial charge is 0.272 e. The second-order valence-corrected chi connectivity index (χ2v) is 20.5. The number of nitrogens with zero attached hydrogens (tertiary/aromatic N) is 9. The van der Waals surface area contributed by atoms with Crippen LogP contribution in [0.4, 0.5) is 5.82 Å². The van der Waals surface area contributed by atoms with Gasteiger partial charge in [0.25, 0.3) is 5.91 Å². The predicted octanol–water partition coefficient (Wildman–Crippen LogP) is 9.54. The van der Waals surface area contributed by atoms with Crippen LogP contribution in [0, 0.1) is 27.7 Å². The lowest BCUT2D eigenvalue weighted by Crippen LogP contribution is -2.57. The van der Waals surface area contributed by atoms with Gasteiger partial charge in [0.05, 0.1) is 24.4 Å². The first-order chi connectivity index (χ1) is 32.4. The Bertz CT molecular complexity index is 2710. The zero-order chi connectivity index (χ0) is 46.3. The molecule has 2 aliphatic carbocycles. The molecule has 2 aromatic carbocycles. The highest BCUT2D eigenvalue weighted by Gasteiger charge is 2.41. The zero-order valence-corrected chi connectivity index (χ0v) is 40.7. The van der Waals surface area contributed by atoms with Crippen molar-refractivity contribution in [1.29, 1.82) is 0 Å². The summed E-state index contributed by atoms with van der Waals surface area (Å²) in [4.78, 5) is 29.2. The van der Waals surface area contributed by atoms with Crippen molar-refractivity contribution in [3.8, 4) is 16.5 Å². The number of oxazole rings is 1. The molecule has 0 unspecified atom stereocenters. The Kier molecular flexibility index (Phi) is 12.9. The molecule has 2 aliphatic heterocycles. The number of carbonyl (C=O) groups is 1. The van der Waals surface area contributed by atoms with Crippen LogP contribution >= 0.6 is 22.9 Å². The maximum absolute atomic E-state index is 13.2. The third kappa shape index (κ3) is 9.47. The molecule has 16 heteroatoms. The number of anilines is 1.